The molecule has 9 heteroatoms. The molecule has 0 amide bonds. The van der Waals surface area contributed by atoms with E-state index in [2.05, 4.69) is 19.8 Å². The van der Waals surface area contributed by atoms with Gasteiger partial charge in [-0.1, -0.05) is 23.4 Å². The molecule has 20 heavy (non-hydrogen) atoms. The van der Waals surface area contributed by atoms with Crippen LogP contribution in [0.3, 0.4) is 0 Å². The summed E-state index contributed by atoms with van der Waals surface area (Å²) in [5.41, 5.74) is 6.25. The molecule has 3 aromatic heterocycles. The van der Waals surface area contributed by atoms with E-state index >= 15 is 0 Å². The second kappa shape index (κ2) is 5.16. The van der Waals surface area contributed by atoms with Crippen LogP contribution in [0.2, 0.25) is 5.02 Å². The Kier molecular flexibility index (Phi) is 3.35. The highest BCUT2D eigenvalue weighted by Gasteiger charge is 2.13. The van der Waals surface area contributed by atoms with Crippen molar-refractivity contribution in [3.05, 3.63) is 35.9 Å². The lowest BCUT2D eigenvalue weighted by Crippen LogP contribution is -1.98. The second-order valence-electron chi connectivity index (χ2n) is 3.73. The van der Waals surface area contributed by atoms with Crippen LogP contribution in [0.5, 0.6) is 6.01 Å². The number of nitrogen functional groups attached to an aromatic ring is 1. The van der Waals surface area contributed by atoms with E-state index < -0.39 is 0 Å². The molecule has 0 radical (unpaired) electrons. The number of halogens is 1. The van der Waals surface area contributed by atoms with Crippen molar-refractivity contribution in [1.29, 1.82) is 0 Å². The topological polar surface area (TPSA) is 98.6 Å². The number of aromatic nitrogens is 4. The van der Waals surface area contributed by atoms with Crippen LogP contribution in [0.1, 0.15) is 0 Å². The van der Waals surface area contributed by atoms with Gasteiger partial charge >= 0.3 is 6.01 Å². The fraction of sp³-hybridized carbons (Fsp3) is 0. The summed E-state index contributed by atoms with van der Waals surface area (Å²) in [6.45, 7) is 0. The summed E-state index contributed by atoms with van der Waals surface area (Å²) in [7, 11) is 0. The van der Waals surface area contributed by atoms with E-state index in [0.29, 0.717) is 10.7 Å². The van der Waals surface area contributed by atoms with E-state index in [1.54, 1.807) is 24.7 Å². The van der Waals surface area contributed by atoms with E-state index in [9.17, 15) is 0 Å². The lowest BCUT2D eigenvalue weighted by Gasteiger charge is -2.07. The molecule has 0 spiro atoms. The third-order valence-corrected chi connectivity index (χ3v) is 4.12. The zero-order valence-electron chi connectivity index (χ0n) is 9.89. The quantitative estimate of drug-likeness (QED) is 0.566. The molecule has 0 saturated heterocycles. The van der Waals surface area contributed by atoms with E-state index in [4.69, 9.17) is 22.6 Å². The number of nitrogens with zero attached hydrogens (tertiary/aromatic N) is 4. The molecule has 0 aliphatic carbocycles. The van der Waals surface area contributed by atoms with Crippen molar-refractivity contribution in [2.45, 2.75) is 9.79 Å². The van der Waals surface area contributed by atoms with Crippen molar-refractivity contribution in [3.63, 3.8) is 0 Å². The number of nitrogens with two attached hydrogens (primary N) is 1. The number of hydrogen-bond acceptors (Lipinski definition) is 7. The normalized spacial score (nSPS) is 10.9. The van der Waals surface area contributed by atoms with Gasteiger partial charge in [0.1, 0.15) is 5.82 Å². The van der Waals surface area contributed by atoms with Crippen LogP contribution in [0.15, 0.2) is 40.6 Å². The SMILES string of the molecule is Nc1nccc(Sc2cnc(OO)n3ccnc23)c1Cl. The molecule has 0 atom stereocenters. The largest absolute Gasteiger partial charge is 0.382 e. The Hall–Kier alpha value is -2.03. The van der Waals surface area contributed by atoms with Gasteiger partial charge in [0.2, 0.25) is 0 Å². The van der Waals surface area contributed by atoms with E-state index in [0.717, 1.165) is 9.79 Å². The molecule has 0 aliphatic heterocycles. The van der Waals surface area contributed by atoms with Gasteiger partial charge in [0.15, 0.2) is 5.65 Å². The molecule has 0 fully saturated rings. The molecule has 0 aromatic carbocycles. The molecule has 3 rings (SSSR count). The third-order valence-electron chi connectivity index (χ3n) is 2.54. The predicted molar refractivity (Wildman–Crippen MR) is 74.0 cm³/mol. The third kappa shape index (κ3) is 2.13. The van der Waals surface area contributed by atoms with Gasteiger partial charge in [0, 0.05) is 23.5 Å². The Morgan fingerprint density at radius 3 is 2.90 bits per heavy atom. The summed E-state index contributed by atoms with van der Waals surface area (Å²) >= 11 is 7.45. The summed E-state index contributed by atoms with van der Waals surface area (Å²) < 4.78 is 1.51. The average Bonchev–Trinajstić information content (AvgIpc) is 2.94. The standard InChI is InChI=1S/C11H8ClN5O2S/c12-8-6(1-2-14-9(8)13)20-7-5-16-11(19-18)17-4-3-15-10(7)17/h1-5,18H,(H2,13,14). The monoisotopic (exact) mass is 309 g/mol. The van der Waals surface area contributed by atoms with Crippen molar-refractivity contribution >= 4 is 34.8 Å². The molecular formula is C11H8ClN5O2S. The van der Waals surface area contributed by atoms with Crippen molar-refractivity contribution in [1.82, 2.24) is 19.4 Å². The number of imidazole rings is 1. The maximum Gasteiger partial charge on any atom is 0.339 e. The van der Waals surface area contributed by atoms with Gasteiger partial charge in [-0.05, 0) is 6.07 Å². The molecule has 0 saturated carbocycles. The van der Waals surface area contributed by atoms with Gasteiger partial charge in [-0.15, -0.1) is 0 Å². The minimum absolute atomic E-state index is 0.0298. The molecule has 7 nitrogen and oxygen atoms in total. The first-order valence-corrected chi connectivity index (χ1v) is 6.61. The van der Waals surface area contributed by atoms with Crippen molar-refractivity contribution in [3.8, 4) is 6.01 Å². The number of fused-ring (bicyclic) bond motifs is 1. The van der Waals surface area contributed by atoms with Gasteiger partial charge in [0.05, 0.1) is 16.1 Å². The van der Waals surface area contributed by atoms with Crippen LogP contribution in [0.25, 0.3) is 5.65 Å². The summed E-state index contributed by atoms with van der Waals surface area (Å²) in [6.07, 6.45) is 6.31. The van der Waals surface area contributed by atoms with Gasteiger partial charge in [0.25, 0.3) is 0 Å². The van der Waals surface area contributed by atoms with Gasteiger partial charge in [-0.2, -0.15) is 5.26 Å². The first kappa shape index (κ1) is 13.0. The minimum atomic E-state index is 0.0298. The van der Waals surface area contributed by atoms with Crippen LogP contribution >= 0.6 is 23.4 Å². The highest BCUT2D eigenvalue weighted by molar-refractivity contribution is 7.99. The number of hydrogen-bond donors (Lipinski definition) is 2. The summed E-state index contributed by atoms with van der Waals surface area (Å²) in [5, 5.41) is 9.13. The molecule has 0 aliphatic rings. The van der Waals surface area contributed by atoms with Crippen LogP contribution in [-0.4, -0.2) is 24.6 Å². The fourth-order valence-electron chi connectivity index (χ4n) is 1.65. The lowest BCUT2D eigenvalue weighted by atomic mass is 10.5. The summed E-state index contributed by atoms with van der Waals surface area (Å²) in [5.74, 6) is 0.263. The van der Waals surface area contributed by atoms with Gasteiger partial charge in [-0.3, -0.25) is 4.89 Å². The molecule has 3 aromatic rings. The second-order valence-corrected chi connectivity index (χ2v) is 5.19. The molecule has 3 N–H and O–H groups in total. The number of pyridine rings is 1. The Labute approximate surface area is 122 Å². The highest BCUT2D eigenvalue weighted by Crippen LogP contribution is 2.37. The summed E-state index contributed by atoms with van der Waals surface area (Å²) in [4.78, 5) is 17.7. The van der Waals surface area contributed by atoms with Crippen LogP contribution in [-0.2, 0) is 0 Å². The van der Waals surface area contributed by atoms with Crippen LogP contribution in [0, 0.1) is 0 Å². The zero-order valence-corrected chi connectivity index (χ0v) is 11.5. The van der Waals surface area contributed by atoms with Gasteiger partial charge in [-0.25, -0.2) is 19.4 Å². The fourth-order valence-corrected chi connectivity index (χ4v) is 2.79. The summed E-state index contributed by atoms with van der Waals surface area (Å²) in [6, 6.07) is 1.78. The lowest BCUT2D eigenvalue weighted by molar-refractivity contribution is -0.147. The molecule has 3 heterocycles. The Balaban J connectivity index is 2.07. The first-order valence-electron chi connectivity index (χ1n) is 5.42. The minimum Gasteiger partial charge on any atom is -0.382 e. The highest BCUT2D eigenvalue weighted by atomic mass is 35.5. The maximum absolute atomic E-state index is 8.75. The first-order chi connectivity index (χ1) is 9.70. The maximum atomic E-state index is 8.75. The Morgan fingerprint density at radius 2 is 2.10 bits per heavy atom. The van der Waals surface area contributed by atoms with Crippen molar-refractivity contribution < 1.29 is 10.1 Å². The van der Waals surface area contributed by atoms with Crippen molar-refractivity contribution in [2.24, 2.45) is 0 Å². The average molecular weight is 310 g/mol. The van der Waals surface area contributed by atoms with E-state index in [-0.39, 0.29) is 11.8 Å². The Bertz CT molecular complexity index is 779. The van der Waals surface area contributed by atoms with Gasteiger partial charge < -0.3 is 5.73 Å². The Morgan fingerprint density at radius 1 is 1.25 bits per heavy atom. The van der Waals surface area contributed by atoms with Crippen LogP contribution < -0.4 is 10.6 Å². The predicted octanol–water partition coefficient (Wildman–Crippen LogP) is 2.36. The van der Waals surface area contributed by atoms with E-state index in [1.165, 1.54) is 22.4 Å². The smallest absolute Gasteiger partial charge is 0.339 e. The molecular weight excluding hydrogens is 302 g/mol. The zero-order chi connectivity index (χ0) is 14.1. The van der Waals surface area contributed by atoms with Crippen molar-refractivity contribution in [2.75, 3.05) is 5.73 Å². The molecule has 0 bridgehead atoms. The number of anilines is 1. The number of rotatable bonds is 3. The van der Waals surface area contributed by atoms with E-state index in [1.807, 2.05) is 0 Å². The molecule has 102 valence electrons. The van der Waals surface area contributed by atoms with Crippen LogP contribution in [0.4, 0.5) is 5.82 Å². The molecule has 0 unspecified atom stereocenters.